The van der Waals surface area contributed by atoms with Gasteiger partial charge < -0.3 is 0 Å². The summed E-state index contributed by atoms with van der Waals surface area (Å²) in [6.07, 6.45) is 30.1. The van der Waals surface area contributed by atoms with Gasteiger partial charge >= 0.3 is 0 Å². The molecule has 0 bridgehead atoms. The van der Waals surface area contributed by atoms with E-state index in [-0.39, 0.29) is 0 Å². The summed E-state index contributed by atoms with van der Waals surface area (Å²) in [4.78, 5) is 0. The molecule has 0 aliphatic heterocycles. The molecule has 0 saturated heterocycles. The highest BCUT2D eigenvalue weighted by atomic mass is 15.7. The van der Waals surface area contributed by atoms with E-state index in [0.29, 0.717) is 0 Å². The highest BCUT2D eigenvalue weighted by Crippen LogP contribution is 2.14. The van der Waals surface area contributed by atoms with E-state index in [1.165, 1.54) is 135 Å². The second-order valence-corrected chi connectivity index (χ2v) is 8.27. The van der Waals surface area contributed by atoms with E-state index in [2.05, 4.69) is 23.4 Å². The van der Waals surface area contributed by atoms with Gasteiger partial charge in [0.05, 0.1) is 0 Å². The minimum absolute atomic E-state index is 0.975. The molecule has 0 aliphatic carbocycles. The van der Waals surface area contributed by atoms with Gasteiger partial charge in [0.25, 0.3) is 0 Å². The smallest absolute Gasteiger partial charge is 0.0113 e. The topological polar surface area (TPSA) is 62.1 Å². The molecule has 0 atom stereocenters. The molecule has 164 valence electrons. The van der Waals surface area contributed by atoms with E-state index in [1.54, 1.807) is 0 Å². The highest BCUT2D eigenvalue weighted by molar-refractivity contribution is 4.51. The van der Waals surface area contributed by atoms with Crippen molar-refractivity contribution in [3.8, 4) is 0 Å². The molecule has 0 aromatic rings. The molecule has 4 heteroatoms. The van der Waals surface area contributed by atoms with Crippen LogP contribution in [-0.2, 0) is 0 Å². The summed E-state index contributed by atoms with van der Waals surface area (Å²) < 4.78 is 0. The van der Waals surface area contributed by atoms with Crippen LogP contribution in [0.15, 0.2) is 0 Å². The van der Waals surface area contributed by atoms with Crippen molar-refractivity contribution < 1.29 is 0 Å². The first-order chi connectivity index (χ1) is 13.4. The first-order valence-corrected chi connectivity index (χ1v) is 12.3. The van der Waals surface area contributed by atoms with Gasteiger partial charge in [0.1, 0.15) is 0 Å². The fourth-order valence-electron chi connectivity index (χ4n) is 3.76. The molecular weight excluding hydrogens is 332 g/mol. The van der Waals surface area contributed by atoms with Crippen molar-refractivity contribution >= 4 is 0 Å². The predicted octanol–water partition coefficient (Wildman–Crippen LogP) is 6.67. The van der Waals surface area contributed by atoms with E-state index in [9.17, 15) is 0 Å². The number of nitrogens with one attached hydrogen (secondary N) is 3. The Balaban J connectivity index is 2.95. The molecule has 0 radical (unpaired) electrons. The molecule has 0 heterocycles. The van der Waals surface area contributed by atoms with E-state index >= 15 is 0 Å². The van der Waals surface area contributed by atoms with Gasteiger partial charge in [-0.1, -0.05) is 135 Å². The number of unbranched alkanes of at least 4 members (excludes halogenated alkanes) is 20. The lowest BCUT2D eigenvalue weighted by atomic mass is 10.0. The third kappa shape index (κ3) is 25.8. The number of hydrogen-bond donors (Lipinski definition) is 4. The Kier molecular flexibility index (Phi) is 25.7. The lowest BCUT2D eigenvalue weighted by Crippen LogP contribution is -2.47. The van der Waals surface area contributed by atoms with Gasteiger partial charge in [0, 0.05) is 6.54 Å². The maximum atomic E-state index is 5.10. The molecule has 5 N–H and O–H groups in total. The molecule has 0 rings (SSSR count). The monoisotopic (exact) mass is 384 g/mol. The summed E-state index contributed by atoms with van der Waals surface area (Å²) >= 11 is 0. The molecule has 0 aromatic heterocycles. The van der Waals surface area contributed by atoms with Crippen molar-refractivity contribution in [2.24, 2.45) is 5.84 Å². The Morgan fingerprint density at radius 2 is 0.741 bits per heavy atom. The first-order valence-electron chi connectivity index (χ1n) is 12.3. The third-order valence-corrected chi connectivity index (χ3v) is 5.57. The minimum atomic E-state index is 0.975. The van der Waals surface area contributed by atoms with Crippen molar-refractivity contribution in [3.05, 3.63) is 0 Å². The first kappa shape index (κ1) is 26.8. The number of hydrogen-bond acceptors (Lipinski definition) is 4. The van der Waals surface area contributed by atoms with Gasteiger partial charge in [-0.05, 0) is 6.42 Å². The normalized spacial score (nSPS) is 11.3. The van der Waals surface area contributed by atoms with Crippen LogP contribution in [0.4, 0.5) is 0 Å². The van der Waals surface area contributed by atoms with Gasteiger partial charge in [-0.2, -0.15) is 11.1 Å². The van der Waals surface area contributed by atoms with Gasteiger partial charge in [-0.25, -0.2) is 5.43 Å². The summed E-state index contributed by atoms with van der Waals surface area (Å²) in [5.41, 5.74) is 8.07. The van der Waals surface area contributed by atoms with E-state index < -0.39 is 0 Å². The molecule has 0 unspecified atom stereocenters. The maximum Gasteiger partial charge on any atom is 0.0113 e. The molecule has 27 heavy (non-hydrogen) atoms. The predicted molar refractivity (Wildman–Crippen MR) is 121 cm³/mol. The van der Waals surface area contributed by atoms with Crippen LogP contribution < -0.4 is 22.3 Å². The average Bonchev–Trinajstić information content (AvgIpc) is 2.68. The van der Waals surface area contributed by atoms with Crippen molar-refractivity contribution in [3.63, 3.8) is 0 Å². The second kappa shape index (κ2) is 25.8. The van der Waals surface area contributed by atoms with Crippen LogP contribution in [0.5, 0.6) is 0 Å². The highest BCUT2D eigenvalue weighted by Gasteiger charge is 1.95. The standard InChI is InChI=1S/C23H52N4/c1-2-3-4-5-6-7-8-9-10-11-12-13-14-15-16-17-18-19-20-21-22-23-25-27-26-24/h25-27H,2-24H2,1H3. The second-order valence-electron chi connectivity index (χ2n) is 8.27. The molecule has 0 aliphatic rings. The van der Waals surface area contributed by atoms with E-state index in [1.807, 2.05) is 0 Å². The molecule has 0 saturated carbocycles. The van der Waals surface area contributed by atoms with Crippen LogP contribution in [0.1, 0.15) is 142 Å². The maximum absolute atomic E-state index is 5.10. The SMILES string of the molecule is CCCCCCCCCCCCCCCCCCCCCCCNNNN. The molecular formula is C23H52N4. The summed E-state index contributed by atoms with van der Waals surface area (Å²) in [5, 5.41) is 0. The third-order valence-electron chi connectivity index (χ3n) is 5.57. The summed E-state index contributed by atoms with van der Waals surface area (Å²) in [6, 6.07) is 0. The van der Waals surface area contributed by atoms with Gasteiger partial charge in [-0.3, -0.25) is 5.84 Å². The minimum Gasteiger partial charge on any atom is -0.257 e. The Morgan fingerprint density at radius 3 is 1.04 bits per heavy atom. The summed E-state index contributed by atoms with van der Waals surface area (Å²) in [5.74, 6) is 5.10. The Hall–Kier alpha value is -0.160. The fourth-order valence-corrected chi connectivity index (χ4v) is 3.76. The Labute approximate surface area is 171 Å². The molecule has 0 aromatic carbocycles. The van der Waals surface area contributed by atoms with Gasteiger partial charge in [0.2, 0.25) is 0 Å². The number of rotatable bonds is 24. The average molecular weight is 385 g/mol. The van der Waals surface area contributed by atoms with Crippen LogP contribution in [-0.4, -0.2) is 6.54 Å². The van der Waals surface area contributed by atoms with Crippen LogP contribution in [0, 0.1) is 0 Å². The Morgan fingerprint density at radius 1 is 0.444 bits per heavy atom. The zero-order chi connectivity index (χ0) is 19.7. The molecule has 0 amide bonds. The van der Waals surface area contributed by atoms with Gasteiger partial charge in [-0.15, -0.1) is 0 Å². The van der Waals surface area contributed by atoms with Crippen LogP contribution in [0.2, 0.25) is 0 Å². The summed E-state index contributed by atoms with van der Waals surface area (Å²) in [6.45, 7) is 3.27. The van der Waals surface area contributed by atoms with Crippen molar-refractivity contribution in [1.29, 1.82) is 0 Å². The van der Waals surface area contributed by atoms with E-state index in [0.717, 1.165) is 6.54 Å². The molecule has 0 spiro atoms. The lowest BCUT2D eigenvalue weighted by Gasteiger charge is -2.05. The Bertz CT molecular complexity index is 225. The quantitative estimate of drug-likeness (QED) is 0.0852. The number of nitrogens with two attached hydrogens (primary N) is 1. The molecule has 0 fully saturated rings. The largest absolute Gasteiger partial charge is 0.257 e. The van der Waals surface area contributed by atoms with Gasteiger partial charge in [0.15, 0.2) is 0 Å². The van der Waals surface area contributed by atoms with Crippen LogP contribution >= 0.6 is 0 Å². The summed E-state index contributed by atoms with van der Waals surface area (Å²) in [7, 11) is 0. The zero-order valence-electron chi connectivity index (χ0n) is 18.6. The van der Waals surface area contributed by atoms with E-state index in [4.69, 9.17) is 5.84 Å². The van der Waals surface area contributed by atoms with Crippen LogP contribution in [0.3, 0.4) is 0 Å². The van der Waals surface area contributed by atoms with Crippen LogP contribution in [0.25, 0.3) is 0 Å². The molecule has 4 nitrogen and oxygen atoms in total. The van der Waals surface area contributed by atoms with Crippen molar-refractivity contribution in [2.45, 2.75) is 142 Å². The fraction of sp³-hybridized carbons (Fsp3) is 1.00. The number of hydrazine groups is 3. The lowest BCUT2D eigenvalue weighted by molar-refractivity contribution is 0.431. The van der Waals surface area contributed by atoms with Crippen molar-refractivity contribution in [2.75, 3.05) is 6.54 Å². The van der Waals surface area contributed by atoms with Crippen molar-refractivity contribution in [1.82, 2.24) is 16.5 Å². The zero-order valence-corrected chi connectivity index (χ0v) is 18.6.